The van der Waals surface area contributed by atoms with Gasteiger partial charge in [-0.25, -0.2) is 0 Å². The average Bonchev–Trinajstić information content (AvgIpc) is 2.50. The third-order valence-electron chi connectivity index (χ3n) is 3.70. The van der Waals surface area contributed by atoms with Crippen LogP contribution in [0.3, 0.4) is 0 Å². The van der Waals surface area contributed by atoms with Gasteiger partial charge < -0.3 is 5.11 Å². The molecular weight excluding hydrogens is 206 g/mol. The van der Waals surface area contributed by atoms with Gasteiger partial charge >= 0.3 is 0 Å². The number of aliphatic hydroxyl groups excluding tert-OH is 1. The fraction of sp³-hybridized carbons (Fsp3) is 0.833. The van der Waals surface area contributed by atoms with Gasteiger partial charge in [-0.3, -0.25) is 14.5 Å². The number of hydrogen-bond donors (Lipinski definition) is 1. The third kappa shape index (κ3) is 1.98. The highest BCUT2D eigenvalue weighted by Crippen LogP contribution is 2.37. The van der Waals surface area contributed by atoms with Crippen LogP contribution in [0.15, 0.2) is 0 Å². The average molecular weight is 225 g/mol. The maximum atomic E-state index is 12.0. The lowest BCUT2D eigenvalue weighted by atomic mass is 9.81. The lowest BCUT2D eigenvalue weighted by Gasteiger charge is -2.19. The van der Waals surface area contributed by atoms with Crippen LogP contribution < -0.4 is 0 Å². The van der Waals surface area contributed by atoms with Crippen molar-refractivity contribution in [3.63, 3.8) is 0 Å². The molecule has 0 spiro atoms. The predicted octanol–water partition coefficient (Wildman–Crippen LogP) is 0.932. The van der Waals surface area contributed by atoms with E-state index < -0.39 is 6.10 Å². The molecule has 2 amide bonds. The lowest BCUT2D eigenvalue weighted by Crippen LogP contribution is -2.33. The Morgan fingerprint density at radius 1 is 1.25 bits per heavy atom. The van der Waals surface area contributed by atoms with Crippen LogP contribution in [0.5, 0.6) is 0 Å². The van der Waals surface area contributed by atoms with Gasteiger partial charge in [0.25, 0.3) is 0 Å². The van der Waals surface area contributed by atoms with E-state index in [-0.39, 0.29) is 23.7 Å². The second kappa shape index (κ2) is 4.53. The van der Waals surface area contributed by atoms with E-state index in [4.69, 9.17) is 0 Å². The number of fused-ring (bicyclic) bond motifs is 1. The van der Waals surface area contributed by atoms with Crippen LogP contribution in [-0.2, 0) is 9.59 Å². The second-order valence-corrected chi connectivity index (χ2v) is 4.96. The Hall–Kier alpha value is -0.900. The summed E-state index contributed by atoms with van der Waals surface area (Å²) in [7, 11) is 0. The molecule has 3 unspecified atom stereocenters. The van der Waals surface area contributed by atoms with Crippen molar-refractivity contribution in [3.05, 3.63) is 0 Å². The highest BCUT2D eigenvalue weighted by molar-refractivity contribution is 6.05. The molecule has 1 heterocycles. The molecule has 4 nitrogen and oxygen atoms in total. The second-order valence-electron chi connectivity index (χ2n) is 4.96. The van der Waals surface area contributed by atoms with Crippen LogP contribution in [0.4, 0.5) is 0 Å². The zero-order valence-electron chi connectivity index (χ0n) is 9.69. The minimum Gasteiger partial charge on any atom is -0.393 e. The van der Waals surface area contributed by atoms with Gasteiger partial charge in [0.15, 0.2) is 0 Å². The first kappa shape index (κ1) is 11.6. The summed E-state index contributed by atoms with van der Waals surface area (Å²) in [6.07, 6.45) is 3.87. The molecule has 2 rings (SSSR count). The predicted molar refractivity (Wildman–Crippen MR) is 58.5 cm³/mol. The topological polar surface area (TPSA) is 57.6 Å². The maximum absolute atomic E-state index is 12.0. The van der Waals surface area contributed by atoms with E-state index in [1.165, 1.54) is 4.90 Å². The number of rotatable bonds is 3. The Bertz CT molecular complexity index is 277. The fourth-order valence-corrected chi connectivity index (χ4v) is 2.77. The normalized spacial score (nSPS) is 31.8. The van der Waals surface area contributed by atoms with E-state index in [1.807, 2.05) is 0 Å². The third-order valence-corrected chi connectivity index (χ3v) is 3.70. The number of likely N-dealkylation sites (tertiary alicyclic amines) is 1. The molecule has 0 aromatic rings. The van der Waals surface area contributed by atoms with Gasteiger partial charge in [0.2, 0.25) is 11.8 Å². The van der Waals surface area contributed by atoms with Crippen LogP contribution in [0.25, 0.3) is 0 Å². The zero-order valence-corrected chi connectivity index (χ0v) is 9.69. The molecule has 2 aliphatic rings. The van der Waals surface area contributed by atoms with Crippen LogP contribution in [0.1, 0.15) is 39.0 Å². The largest absolute Gasteiger partial charge is 0.393 e. The van der Waals surface area contributed by atoms with E-state index in [2.05, 4.69) is 0 Å². The Kier molecular flexibility index (Phi) is 3.28. The first-order chi connectivity index (χ1) is 7.61. The summed E-state index contributed by atoms with van der Waals surface area (Å²) in [6.45, 7) is 2.06. The van der Waals surface area contributed by atoms with Gasteiger partial charge in [-0.1, -0.05) is 12.8 Å². The van der Waals surface area contributed by atoms with Crippen molar-refractivity contribution >= 4 is 11.8 Å². The molecule has 1 saturated carbocycles. The first-order valence-electron chi connectivity index (χ1n) is 6.14. The van der Waals surface area contributed by atoms with Crippen molar-refractivity contribution in [2.75, 3.05) is 6.54 Å². The molecule has 0 aromatic carbocycles. The highest BCUT2D eigenvalue weighted by atomic mass is 16.3. The summed E-state index contributed by atoms with van der Waals surface area (Å²) >= 11 is 0. The molecule has 1 aliphatic heterocycles. The van der Waals surface area contributed by atoms with E-state index in [1.54, 1.807) is 6.92 Å². The molecular formula is C12H19NO3. The number of hydrogen-bond acceptors (Lipinski definition) is 3. The number of aliphatic hydroxyl groups is 1. The molecule has 0 radical (unpaired) electrons. The monoisotopic (exact) mass is 225 g/mol. The molecule has 3 atom stereocenters. The van der Waals surface area contributed by atoms with E-state index in [0.29, 0.717) is 13.0 Å². The van der Waals surface area contributed by atoms with Crippen molar-refractivity contribution in [1.29, 1.82) is 0 Å². The van der Waals surface area contributed by atoms with Gasteiger partial charge in [-0.2, -0.15) is 0 Å². The number of imide groups is 1. The Labute approximate surface area is 95.6 Å². The Morgan fingerprint density at radius 3 is 2.19 bits per heavy atom. The molecule has 90 valence electrons. The quantitative estimate of drug-likeness (QED) is 0.727. The van der Waals surface area contributed by atoms with E-state index in [0.717, 1.165) is 25.7 Å². The zero-order chi connectivity index (χ0) is 11.7. The smallest absolute Gasteiger partial charge is 0.233 e. The maximum Gasteiger partial charge on any atom is 0.233 e. The van der Waals surface area contributed by atoms with Crippen molar-refractivity contribution in [2.24, 2.45) is 11.8 Å². The van der Waals surface area contributed by atoms with Gasteiger partial charge in [0.1, 0.15) is 0 Å². The number of carbonyl (C=O) groups is 2. The molecule has 4 heteroatoms. The number of nitrogens with zero attached hydrogens (tertiary/aromatic N) is 1. The summed E-state index contributed by atoms with van der Waals surface area (Å²) in [4.78, 5) is 25.3. The summed E-state index contributed by atoms with van der Waals surface area (Å²) in [5.41, 5.74) is 0. The molecule has 16 heavy (non-hydrogen) atoms. The summed E-state index contributed by atoms with van der Waals surface area (Å²) < 4.78 is 0. The van der Waals surface area contributed by atoms with E-state index in [9.17, 15) is 14.7 Å². The minimum atomic E-state index is -0.455. The minimum absolute atomic E-state index is 0.00431. The molecule has 2 fully saturated rings. The Balaban J connectivity index is 2.03. The lowest BCUT2D eigenvalue weighted by molar-refractivity contribution is -0.140. The highest BCUT2D eigenvalue weighted by Gasteiger charge is 2.47. The Morgan fingerprint density at radius 2 is 1.75 bits per heavy atom. The van der Waals surface area contributed by atoms with Gasteiger partial charge in [0.05, 0.1) is 17.9 Å². The number of carbonyl (C=O) groups excluding carboxylic acids is 2. The molecule has 1 aliphatic carbocycles. The van der Waals surface area contributed by atoms with E-state index >= 15 is 0 Å². The van der Waals surface area contributed by atoms with Crippen molar-refractivity contribution in [3.8, 4) is 0 Å². The summed E-state index contributed by atoms with van der Waals surface area (Å²) in [6, 6.07) is 0. The summed E-state index contributed by atoms with van der Waals surface area (Å²) in [5.74, 6) is -0.129. The van der Waals surface area contributed by atoms with Crippen molar-refractivity contribution in [1.82, 2.24) is 4.90 Å². The number of amides is 2. The van der Waals surface area contributed by atoms with Crippen LogP contribution in [0, 0.1) is 11.8 Å². The molecule has 1 N–H and O–H groups in total. The fourth-order valence-electron chi connectivity index (χ4n) is 2.77. The molecule has 0 aromatic heterocycles. The summed E-state index contributed by atoms with van der Waals surface area (Å²) in [5, 5.41) is 9.19. The standard InChI is InChI=1S/C12H19NO3/c1-8(14)6-7-13-11(15)9-4-2-3-5-10(9)12(13)16/h8-10,14H,2-7H2,1H3. The van der Waals surface area contributed by atoms with Gasteiger partial charge in [-0.15, -0.1) is 0 Å². The van der Waals surface area contributed by atoms with Crippen molar-refractivity contribution in [2.45, 2.75) is 45.1 Å². The van der Waals surface area contributed by atoms with Crippen molar-refractivity contribution < 1.29 is 14.7 Å². The van der Waals surface area contributed by atoms with Crippen LogP contribution >= 0.6 is 0 Å². The SMILES string of the molecule is CC(O)CCN1C(=O)C2CCCCC2C1=O. The molecule has 0 bridgehead atoms. The van der Waals surface area contributed by atoms with Crippen LogP contribution in [-0.4, -0.2) is 34.5 Å². The van der Waals surface area contributed by atoms with Crippen LogP contribution in [0.2, 0.25) is 0 Å². The first-order valence-corrected chi connectivity index (χ1v) is 6.14. The van der Waals surface area contributed by atoms with Gasteiger partial charge in [-0.05, 0) is 26.2 Å². The van der Waals surface area contributed by atoms with Gasteiger partial charge in [0, 0.05) is 6.54 Å². The molecule has 1 saturated heterocycles.